The Morgan fingerprint density at radius 3 is 2.16 bits per heavy atom. The molecule has 5 nitrogen and oxygen atoms in total. The van der Waals surface area contributed by atoms with E-state index in [0.29, 0.717) is 0 Å². The van der Waals surface area contributed by atoms with Gasteiger partial charge in [0.15, 0.2) is 0 Å². The molecular formula is C14H31N3O2. The number of hydrogen-bond acceptors (Lipinski definition) is 3. The third-order valence-electron chi connectivity index (χ3n) is 3.74. The van der Waals surface area contributed by atoms with Crippen molar-refractivity contribution in [1.29, 1.82) is 0 Å². The Labute approximate surface area is 117 Å². The van der Waals surface area contributed by atoms with Crippen molar-refractivity contribution >= 4 is 6.03 Å². The maximum atomic E-state index is 11.9. The van der Waals surface area contributed by atoms with Gasteiger partial charge in [0.1, 0.15) is 0 Å². The van der Waals surface area contributed by atoms with E-state index in [-0.39, 0.29) is 36.1 Å². The van der Waals surface area contributed by atoms with Crippen LogP contribution >= 0.6 is 0 Å². The number of rotatable bonds is 7. The maximum Gasteiger partial charge on any atom is 0.315 e. The molecular weight excluding hydrogens is 242 g/mol. The topological polar surface area (TPSA) is 64.6 Å². The third kappa shape index (κ3) is 6.78. The first-order valence-electron chi connectivity index (χ1n) is 6.92. The summed E-state index contributed by atoms with van der Waals surface area (Å²) in [4.78, 5) is 14.0. The highest BCUT2D eigenvalue weighted by molar-refractivity contribution is 5.74. The third-order valence-corrected chi connectivity index (χ3v) is 3.74. The summed E-state index contributed by atoms with van der Waals surface area (Å²) in [5, 5.41) is 14.9. The second kappa shape index (κ2) is 7.70. The van der Waals surface area contributed by atoms with Gasteiger partial charge in [0.25, 0.3) is 0 Å². The second-order valence-electron chi connectivity index (χ2n) is 6.51. The van der Waals surface area contributed by atoms with Crippen molar-refractivity contribution in [3.05, 3.63) is 0 Å². The molecule has 3 unspecified atom stereocenters. The fourth-order valence-corrected chi connectivity index (χ4v) is 1.89. The first-order valence-corrected chi connectivity index (χ1v) is 6.92. The molecule has 0 aliphatic heterocycles. The van der Waals surface area contributed by atoms with Crippen LogP contribution in [0, 0.1) is 11.3 Å². The predicted octanol–water partition coefficient (Wildman–Crippen LogP) is 1.28. The highest BCUT2D eigenvalue weighted by atomic mass is 16.3. The normalized spacial score (nSPS) is 16.9. The van der Waals surface area contributed by atoms with Crippen molar-refractivity contribution in [3.8, 4) is 0 Å². The Hall–Kier alpha value is -0.810. The number of amides is 2. The van der Waals surface area contributed by atoms with Crippen molar-refractivity contribution in [2.24, 2.45) is 11.3 Å². The van der Waals surface area contributed by atoms with Gasteiger partial charge in [-0.05, 0) is 39.3 Å². The Bertz CT molecular complexity index is 280. The van der Waals surface area contributed by atoms with Gasteiger partial charge < -0.3 is 20.6 Å². The second-order valence-corrected chi connectivity index (χ2v) is 6.51. The van der Waals surface area contributed by atoms with E-state index in [0.717, 1.165) is 6.54 Å². The average Bonchev–Trinajstić information content (AvgIpc) is 2.25. The highest BCUT2D eigenvalue weighted by Gasteiger charge is 2.28. The lowest BCUT2D eigenvalue weighted by molar-refractivity contribution is 0.172. The molecule has 0 heterocycles. The van der Waals surface area contributed by atoms with Crippen LogP contribution in [0.2, 0.25) is 0 Å². The van der Waals surface area contributed by atoms with Gasteiger partial charge in [-0.2, -0.15) is 0 Å². The number of carbonyl (C=O) groups excluding carboxylic acids is 1. The minimum Gasteiger partial charge on any atom is -0.396 e. The summed E-state index contributed by atoms with van der Waals surface area (Å²) in [5.74, 6) is 0.0517. The number of nitrogens with one attached hydrogen (secondary N) is 2. The van der Waals surface area contributed by atoms with E-state index in [4.69, 9.17) is 5.11 Å². The van der Waals surface area contributed by atoms with Gasteiger partial charge in [-0.25, -0.2) is 4.79 Å². The van der Waals surface area contributed by atoms with Crippen LogP contribution in [0.3, 0.4) is 0 Å². The molecule has 114 valence electrons. The van der Waals surface area contributed by atoms with Gasteiger partial charge in [-0.15, -0.1) is 0 Å². The van der Waals surface area contributed by atoms with E-state index in [9.17, 15) is 4.79 Å². The molecule has 0 saturated heterocycles. The van der Waals surface area contributed by atoms with Gasteiger partial charge in [-0.3, -0.25) is 0 Å². The Morgan fingerprint density at radius 2 is 1.74 bits per heavy atom. The number of urea groups is 1. The predicted molar refractivity (Wildman–Crippen MR) is 79.2 cm³/mol. The van der Waals surface area contributed by atoms with Gasteiger partial charge in [0, 0.05) is 25.2 Å². The molecule has 0 spiro atoms. The van der Waals surface area contributed by atoms with Crippen LogP contribution in [0.15, 0.2) is 0 Å². The maximum absolute atomic E-state index is 11.9. The zero-order chi connectivity index (χ0) is 15.2. The van der Waals surface area contributed by atoms with Crippen molar-refractivity contribution in [3.63, 3.8) is 0 Å². The van der Waals surface area contributed by atoms with Crippen LogP contribution in [0.1, 0.15) is 34.6 Å². The van der Waals surface area contributed by atoms with E-state index < -0.39 is 0 Å². The molecule has 0 aliphatic rings. The fraction of sp³-hybridized carbons (Fsp3) is 0.929. The summed E-state index contributed by atoms with van der Waals surface area (Å²) in [5.41, 5.74) is -0.00727. The molecule has 19 heavy (non-hydrogen) atoms. The zero-order valence-corrected chi connectivity index (χ0v) is 13.4. The number of nitrogens with zero attached hydrogens (tertiary/aromatic N) is 1. The lowest BCUT2D eigenvalue weighted by Crippen LogP contribution is -2.52. The summed E-state index contributed by atoms with van der Waals surface area (Å²) in [7, 11) is 4.05. The smallest absolute Gasteiger partial charge is 0.315 e. The van der Waals surface area contributed by atoms with Gasteiger partial charge in [0.2, 0.25) is 0 Å². The molecule has 0 aliphatic carbocycles. The van der Waals surface area contributed by atoms with Crippen molar-refractivity contribution in [1.82, 2.24) is 15.5 Å². The van der Waals surface area contributed by atoms with Gasteiger partial charge in [-0.1, -0.05) is 20.8 Å². The summed E-state index contributed by atoms with van der Waals surface area (Å²) in [6.45, 7) is 11.1. The number of aliphatic hydroxyl groups excluding tert-OH is 1. The number of hydrogen-bond donors (Lipinski definition) is 3. The molecule has 0 radical (unpaired) electrons. The lowest BCUT2D eigenvalue weighted by atomic mass is 9.85. The van der Waals surface area contributed by atoms with Crippen LogP contribution in [0.5, 0.6) is 0 Å². The zero-order valence-electron chi connectivity index (χ0n) is 13.4. The summed E-state index contributed by atoms with van der Waals surface area (Å²) >= 11 is 0. The van der Waals surface area contributed by atoms with Crippen LogP contribution in [0.25, 0.3) is 0 Å². The quantitative estimate of drug-likeness (QED) is 0.655. The minimum absolute atomic E-state index is 0.00727. The SMILES string of the molecule is CC(CO)C(C)NC(=O)NC(C)C(C)(C)CN(C)C. The average molecular weight is 273 g/mol. The van der Waals surface area contributed by atoms with Crippen LogP contribution in [-0.2, 0) is 0 Å². The standard InChI is InChI=1S/C14H31N3O2/c1-10(8-18)11(2)15-13(19)16-12(3)14(4,5)9-17(6)7/h10-12,18H,8-9H2,1-7H3,(H2,15,16,19). The van der Waals surface area contributed by atoms with Gasteiger partial charge >= 0.3 is 6.03 Å². The molecule has 0 aromatic rings. The Morgan fingerprint density at radius 1 is 1.21 bits per heavy atom. The van der Waals surface area contributed by atoms with Crippen molar-refractivity contribution in [2.75, 3.05) is 27.2 Å². The molecule has 0 aromatic carbocycles. The monoisotopic (exact) mass is 273 g/mol. The molecule has 5 heteroatoms. The van der Waals surface area contributed by atoms with Crippen molar-refractivity contribution in [2.45, 2.75) is 46.7 Å². The number of aliphatic hydroxyl groups is 1. The molecule has 0 aromatic heterocycles. The van der Waals surface area contributed by atoms with E-state index in [1.54, 1.807) is 0 Å². The summed E-state index contributed by atoms with van der Waals surface area (Å²) in [6.07, 6.45) is 0. The van der Waals surface area contributed by atoms with E-state index >= 15 is 0 Å². The lowest BCUT2D eigenvalue weighted by Gasteiger charge is -2.35. The molecule has 3 N–H and O–H groups in total. The van der Waals surface area contributed by atoms with Crippen molar-refractivity contribution < 1.29 is 9.90 Å². The van der Waals surface area contributed by atoms with E-state index in [2.05, 4.69) is 29.4 Å². The molecule has 2 amide bonds. The molecule has 0 bridgehead atoms. The van der Waals surface area contributed by atoms with E-state index in [1.807, 2.05) is 34.9 Å². The summed E-state index contributed by atoms with van der Waals surface area (Å²) < 4.78 is 0. The van der Waals surface area contributed by atoms with Crippen LogP contribution < -0.4 is 10.6 Å². The Balaban J connectivity index is 4.32. The highest BCUT2D eigenvalue weighted by Crippen LogP contribution is 2.21. The van der Waals surface area contributed by atoms with Crippen LogP contribution in [0.4, 0.5) is 4.79 Å². The number of carbonyl (C=O) groups is 1. The Kier molecular flexibility index (Phi) is 7.37. The summed E-state index contributed by atoms with van der Waals surface area (Å²) in [6, 6.07) is -0.159. The first kappa shape index (κ1) is 18.2. The first-order chi connectivity index (χ1) is 8.60. The fourth-order valence-electron chi connectivity index (χ4n) is 1.89. The minimum atomic E-state index is -0.174. The molecule has 0 rings (SSSR count). The molecule has 0 fully saturated rings. The molecule has 0 saturated carbocycles. The molecule has 3 atom stereocenters. The largest absolute Gasteiger partial charge is 0.396 e. The van der Waals surface area contributed by atoms with Gasteiger partial charge in [0.05, 0.1) is 0 Å². The van der Waals surface area contributed by atoms with E-state index in [1.165, 1.54) is 0 Å². The van der Waals surface area contributed by atoms with Crippen LogP contribution in [-0.4, -0.2) is 55.4 Å².